The minimum Gasteiger partial charge on any atom is -0.468 e. The zero-order valence-electron chi connectivity index (χ0n) is 10.1. The van der Waals surface area contributed by atoms with Crippen LogP contribution in [0.25, 0.3) is 0 Å². The Hall–Kier alpha value is -0.800. The molecular weight excluding hydrogens is 190 g/mol. The summed E-state index contributed by atoms with van der Waals surface area (Å²) >= 11 is 0. The molecule has 0 aromatic carbocycles. The second kappa shape index (κ2) is 4.81. The van der Waals surface area contributed by atoms with Crippen molar-refractivity contribution >= 4 is 0 Å². The average Bonchev–Trinajstić information content (AvgIpc) is 2.48. The molecule has 1 rings (SSSR count). The third kappa shape index (κ3) is 4.06. The molecule has 1 N–H and O–H groups in total. The Morgan fingerprint density at radius 1 is 1.47 bits per heavy atom. The number of hydrogen-bond acceptors (Lipinski definition) is 3. The van der Waals surface area contributed by atoms with Gasteiger partial charge in [0.15, 0.2) is 0 Å². The summed E-state index contributed by atoms with van der Waals surface area (Å²) in [6.07, 6.45) is 1.71. The van der Waals surface area contributed by atoms with Crippen molar-refractivity contribution in [2.75, 3.05) is 13.1 Å². The summed E-state index contributed by atoms with van der Waals surface area (Å²) in [5, 5.41) is 9.74. The van der Waals surface area contributed by atoms with Crippen molar-refractivity contribution in [2.24, 2.45) is 0 Å². The van der Waals surface area contributed by atoms with Crippen LogP contribution in [0, 0.1) is 6.92 Å². The first kappa shape index (κ1) is 12.3. The van der Waals surface area contributed by atoms with Gasteiger partial charge in [-0.25, -0.2) is 0 Å². The molecule has 0 saturated heterocycles. The van der Waals surface area contributed by atoms with Crippen LogP contribution in [-0.4, -0.2) is 28.7 Å². The second-order valence-corrected chi connectivity index (χ2v) is 4.64. The Bertz CT molecular complexity index is 299. The predicted octanol–water partition coefficient (Wildman–Crippen LogP) is 2.18. The lowest BCUT2D eigenvalue weighted by Gasteiger charge is -2.27. The summed E-state index contributed by atoms with van der Waals surface area (Å²) in [6, 6.07) is 1.97. The van der Waals surface area contributed by atoms with E-state index in [0.717, 1.165) is 18.8 Å². The van der Waals surface area contributed by atoms with Gasteiger partial charge in [0.1, 0.15) is 5.76 Å². The van der Waals surface area contributed by atoms with Crippen LogP contribution in [0.5, 0.6) is 0 Å². The van der Waals surface area contributed by atoms with E-state index in [1.54, 1.807) is 6.26 Å². The molecule has 0 bridgehead atoms. The maximum absolute atomic E-state index is 9.74. The van der Waals surface area contributed by atoms with E-state index in [-0.39, 0.29) is 0 Å². The molecule has 0 atom stereocenters. The molecule has 0 saturated carbocycles. The molecule has 0 aliphatic carbocycles. The highest BCUT2D eigenvalue weighted by Gasteiger charge is 2.18. The smallest absolute Gasteiger partial charge is 0.120 e. The standard InChI is InChI=1S/C12H21NO2/c1-5-13(9-12(3,4)14)8-11-10(2)6-7-15-11/h6-7,14H,5,8-9H2,1-4H3. The lowest BCUT2D eigenvalue weighted by Crippen LogP contribution is -2.38. The highest BCUT2D eigenvalue weighted by Crippen LogP contribution is 2.14. The molecule has 1 aromatic heterocycles. The van der Waals surface area contributed by atoms with E-state index in [2.05, 4.69) is 11.8 Å². The molecule has 0 aliphatic heterocycles. The Balaban J connectivity index is 2.58. The largest absolute Gasteiger partial charge is 0.468 e. The third-order valence-electron chi connectivity index (χ3n) is 2.39. The van der Waals surface area contributed by atoms with Crippen molar-refractivity contribution in [3.63, 3.8) is 0 Å². The summed E-state index contributed by atoms with van der Waals surface area (Å²) < 4.78 is 5.39. The van der Waals surface area contributed by atoms with Gasteiger partial charge >= 0.3 is 0 Å². The fraction of sp³-hybridized carbons (Fsp3) is 0.667. The molecule has 86 valence electrons. The molecule has 1 aromatic rings. The zero-order chi connectivity index (χ0) is 11.5. The highest BCUT2D eigenvalue weighted by atomic mass is 16.3. The maximum Gasteiger partial charge on any atom is 0.120 e. The number of furan rings is 1. The van der Waals surface area contributed by atoms with Crippen LogP contribution < -0.4 is 0 Å². The molecule has 0 fully saturated rings. The van der Waals surface area contributed by atoms with Crippen LogP contribution in [0.3, 0.4) is 0 Å². The highest BCUT2D eigenvalue weighted by molar-refractivity contribution is 5.14. The molecule has 0 radical (unpaired) electrons. The summed E-state index contributed by atoms with van der Waals surface area (Å²) in [5.74, 6) is 0.987. The summed E-state index contributed by atoms with van der Waals surface area (Å²) in [5.41, 5.74) is 0.514. The molecule has 15 heavy (non-hydrogen) atoms. The minimum atomic E-state index is -0.656. The number of hydrogen-bond donors (Lipinski definition) is 1. The third-order valence-corrected chi connectivity index (χ3v) is 2.39. The molecular formula is C12H21NO2. The van der Waals surface area contributed by atoms with Crippen molar-refractivity contribution in [1.29, 1.82) is 0 Å². The van der Waals surface area contributed by atoms with Crippen molar-refractivity contribution in [3.05, 3.63) is 23.7 Å². The Morgan fingerprint density at radius 3 is 2.53 bits per heavy atom. The SMILES string of the molecule is CCN(Cc1occc1C)CC(C)(C)O. The number of nitrogens with zero attached hydrogens (tertiary/aromatic N) is 1. The van der Waals surface area contributed by atoms with Gasteiger partial charge in [0, 0.05) is 6.54 Å². The minimum absolute atomic E-state index is 0.656. The fourth-order valence-electron chi connectivity index (χ4n) is 1.60. The normalized spacial score (nSPS) is 12.4. The van der Waals surface area contributed by atoms with Gasteiger partial charge in [0.25, 0.3) is 0 Å². The van der Waals surface area contributed by atoms with Crippen molar-refractivity contribution in [3.8, 4) is 0 Å². The Morgan fingerprint density at radius 2 is 2.13 bits per heavy atom. The molecule has 3 heteroatoms. The quantitative estimate of drug-likeness (QED) is 0.811. The Labute approximate surface area is 91.7 Å². The van der Waals surface area contributed by atoms with E-state index in [1.807, 2.05) is 26.8 Å². The topological polar surface area (TPSA) is 36.6 Å². The number of likely N-dealkylation sites (N-methyl/N-ethyl adjacent to an activating group) is 1. The molecule has 0 spiro atoms. The zero-order valence-corrected chi connectivity index (χ0v) is 10.1. The molecule has 3 nitrogen and oxygen atoms in total. The average molecular weight is 211 g/mol. The molecule has 0 unspecified atom stereocenters. The van der Waals surface area contributed by atoms with E-state index >= 15 is 0 Å². The van der Waals surface area contributed by atoms with Gasteiger partial charge in [-0.3, -0.25) is 4.90 Å². The van der Waals surface area contributed by atoms with Gasteiger partial charge < -0.3 is 9.52 Å². The van der Waals surface area contributed by atoms with Gasteiger partial charge in [-0.05, 0) is 38.9 Å². The lowest BCUT2D eigenvalue weighted by molar-refractivity contribution is 0.0333. The van der Waals surface area contributed by atoms with Crippen molar-refractivity contribution in [2.45, 2.75) is 39.8 Å². The number of aliphatic hydroxyl groups is 1. The lowest BCUT2D eigenvalue weighted by atomic mass is 10.1. The number of aryl methyl sites for hydroxylation is 1. The van der Waals surface area contributed by atoms with E-state index in [9.17, 15) is 5.11 Å². The maximum atomic E-state index is 9.74. The van der Waals surface area contributed by atoms with Crippen LogP contribution in [0.2, 0.25) is 0 Å². The van der Waals surface area contributed by atoms with Crippen LogP contribution in [0.15, 0.2) is 16.7 Å². The second-order valence-electron chi connectivity index (χ2n) is 4.64. The first-order valence-corrected chi connectivity index (χ1v) is 5.40. The summed E-state index contributed by atoms with van der Waals surface area (Å²) in [7, 11) is 0. The summed E-state index contributed by atoms with van der Waals surface area (Å²) in [6.45, 7) is 10.1. The summed E-state index contributed by atoms with van der Waals surface area (Å²) in [4.78, 5) is 2.17. The number of rotatable bonds is 5. The van der Waals surface area contributed by atoms with Crippen molar-refractivity contribution < 1.29 is 9.52 Å². The van der Waals surface area contributed by atoms with Gasteiger partial charge in [-0.15, -0.1) is 0 Å². The predicted molar refractivity (Wildman–Crippen MR) is 60.7 cm³/mol. The van der Waals surface area contributed by atoms with Gasteiger partial charge in [-0.2, -0.15) is 0 Å². The van der Waals surface area contributed by atoms with Crippen LogP contribution >= 0.6 is 0 Å². The van der Waals surface area contributed by atoms with Gasteiger partial charge in [0.05, 0.1) is 18.4 Å². The first-order chi connectivity index (χ1) is 6.92. The van der Waals surface area contributed by atoms with E-state index in [4.69, 9.17) is 4.42 Å². The van der Waals surface area contributed by atoms with Crippen LogP contribution in [0.4, 0.5) is 0 Å². The first-order valence-electron chi connectivity index (χ1n) is 5.40. The molecule has 0 amide bonds. The Kier molecular flexibility index (Phi) is 3.94. The van der Waals surface area contributed by atoms with Crippen molar-refractivity contribution in [1.82, 2.24) is 4.90 Å². The molecule has 1 heterocycles. The van der Waals surface area contributed by atoms with Crippen LogP contribution in [0.1, 0.15) is 32.1 Å². The van der Waals surface area contributed by atoms with Crippen LogP contribution in [-0.2, 0) is 6.54 Å². The van der Waals surface area contributed by atoms with E-state index in [1.165, 1.54) is 5.56 Å². The van der Waals surface area contributed by atoms with E-state index in [0.29, 0.717) is 6.54 Å². The molecule has 0 aliphatic rings. The fourth-order valence-corrected chi connectivity index (χ4v) is 1.60. The van der Waals surface area contributed by atoms with Gasteiger partial charge in [-0.1, -0.05) is 6.92 Å². The monoisotopic (exact) mass is 211 g/mol. The van der Waals surface area contributed by atoms with E-state index < -0.39 is 5.60 Å². The van der Waals surface area contributed by atoms with Gasteiger partial charge in [0.2, 0.25) is 0 Å².